The number of carbonyl (C=O) groups is 1. The lowest BCUT2D eigenvalue weighted by molar-refractivity contribution is -0.140. The Balaban J connectivity index is 1.83. The predicted octanol–water partition coefficient (Wildman–Crippen LogP) is 4.01. The van der Waals surface area contributed by atoms with Gasteiger partial charge in [0.05, 0.1) is 22.7 Å². The summed E-state index contributed by atoms with van der Waals surface area (Å²) in [5.41, 5.74) is 1.95. The molecule has 1 saturated heterocycles. The van der Waals surface area contributed by atoms with Gasteiger partial charge in [0.2, 0.25) is 5.91 Å². The molecule has 1 fully saturated rings. The van der Waals surface area contributed by atoms with Gasteiger partial charge in [0.1, 0.15) is 18.0 Å². The average Bonchev–Trinajstić information content (AvgIpc) is 3.26. The molecule has 3 aromatic heterocycles. The van der Waals surface area contributed by atoms with Crippen molar-refractivity contribution in [1.82, 2.24) is 24.4 Å². The Morgan fingerprint density at radius 3 is 2.64 bits per heavy atom. The minimum atomic E-state index is -0.402. The third-order valence-corrected chi connectivity index (χ3v) is 6.71. The Kier molecular flexibility index (Phi) is 7.16. The molecule has 0 N–H and O–H groups in total. The van der Waals surface area contributed by atoms with E-state index in [2.05, 4.69) is 52.8 Å². The first-order valence-electron chi connectivity index (χ1n) is 12.7. The van der Waals surface area contributed by atoms with Crippen LogP contribution in [0.2, 0.25) is 0 Å². The number of amides is 1. The molecule has 4 rings (SSSR count). The lowest BCUT2D eigenvalue weighted by atomic mass is 9.94. The number of nitrogens with zero attached hydrogens (tertiary/aromatic N) is 8. The van der Waals surface area contributed by atoms with Crippen LogP contribution >= 0.6 is 0 Å². The van der Waals surface area contributed by atoms with Crippen molar-refractivity contribution in [2.24, 2.45) is 5.41 Å². The quantitative estimate of drug-likeness (QED) is 0.517. The zero-order chi connectivity index (χ0) is 26.0. The summed E-state index contributed by atoms with van der Waals surface area (Å²) >= 11 is 0. The Morgan fingerprint density at radius 1 is 1.22 bits per heavy atom. The fraction of sp³-hybridized carbons (Fsp3) is 0.519. The summed E-state index contributed by atoms with van der Waals surface area (Å²) in [5.74, 6) is 1.70. The standard InChI is InChI=1S/C27H36N8O/c1-7-11-32(8-2)21-17-35(22-14-20(15-28)9-10-29-22)25-23(21)24(30-18-31-25)34-13-12-33(16-19(34)3)26(36)27(4,5)6/h9-10,14,17-19H,7-8,11-13,16H2,1-6H3/t19-/m0/s1. The third kappa shape index (κ3) is 4.72. The molecule has 190 valence electrons. The van der Waals surface area contributed by atoms with Crippen LogP contribution in [0.4, 0.5) is 11.5 Å². The number of hydrogen-bond donors (Lipinski definition) is 0. The number of carbonyl (C=O) groups excluding carboxylic acids is 1. The van der Waals surface area contributed by atoms with Crippen LogP contribution in [0.5, 0.6) is 0 Å². The molecule has 1 amide bonds. The smallest absolute Gasteiger partial charge is 0.228 e. The van der Waals surface area contributed by atoms with Gasteiger partial charge in [-0.05, 0) is 32.4 Å². The van der Waals surface area contributed by atoms with Crippen molar-refractivity contribution in [2.75, 3.05) is 42.5 Å². The third-order valence-electron chi connectivity index (χ3n) is 6.71. The van der Waals surface area contributed by atoms with Gasteiger partial charge >= 0.3 is 0 Å². The first-order chi connectivity index (χ1) is 17.2. The van der Waals surface area contributed by atoms with E-state index >= 15 is 0 Å². The number of piperazine rings is 1. The molecule has 0 aromatic carbocycles. The van der Waals surface area contributed by atoms with Crippen LogP contribution in [0, 0.1) is 16.7 Å². The second-order valence-corrected chi connectivity index (χ2v) is 10.4. The largest absolute Gasteiger partial charge is 0.370 e. The molecule has 36 heavy (non-hydrogen) atoms. The van der Waals surface area contributed by atoms with E-state index in [1.807, 2.05) is 30.2 Å². The number of pyridine rings is 1. The Morgan fingerprint density at radius 2 is 2.00 bits per heavy atom. The molecule has 0 aliphatic carbocycles. The van der Waals surface area contributed by atoms with E-state index in [1.54, 1.807) is 24.7 Å². The molecule has 1 aliphatic heterocycles. The lowest BCUT2D eigenvalue weighted by Gasteiger charge is -2.42. The van der Waals surface area contributed by atoms with Gasteiger partial charge in [-0.25, -0.2) is 15.0 Å². The van der Waals surface area contributed by atoms with Crippen LogP contribution < -0.4 is 9.80 Å². The molecule has 3 aromatic rings. The Bertz CT molecular complexity index is 1290. The zero-order valence-corrected chi connectivity index (χ0v) is 22.2. The second kappa shape index (κ2) is 10.1. The summed E-state index contributed by atoms with van der Waals surface area (Å²) in [5, 5.41) is 10.4. The molecule has 0 saturated carbocycles. The minimum absolute atomic E-state index is 0.0978. The summed E-state index contributed by atoms with van der Waals surface area (Å²) < 4.78 is 1.96. The zero-order valence-electron chi connectivity index (χ0n) is 22.2. The van der Waals surface area contributed by atoms with Crippen LogP contribution in [-0.2, 0) is 4.79 Å². The van der Waals surface area contributed by atoms with E-state index in [-0.39, 0.29) is 11.9 Å². The van der Waals surface area contributed by atoms with Crippen molar-refractivity contribution in [3.63, 3.8) is 0 Å². The molecule has 0 unspecified atom stereocenters. The normalized spacial score (nSPS) is 16.3. The summed E-state index contributed by atoms with van der Waals surface area (Å²) in [6.45, 7) is 16.1. The summed E-state index contributed by atoms with van der Waals surface area (Å²) in [6, 6.07) is 5.78. The SMILES string of the molecule is CCCN(CC)c1cn(-c2cc(C#N)ccn2)c2ncnc(N3CCN(C(=O)C(C)(C)C)C[C@@H]3C)c12. The summed E-state index contributed by atoms with van der Waals surface area (Å²) in [4.78, 5) is 33.5. The van der Waals surface area contributed by atoms with Gasteiger partial charge in [-0.1, -0.05) is 27.7 Å². The number of anilines is 2. The number of aromatic nitrogens is 4. The van der Waals surface area contributed by atoms with Crippen molar-refractivity contribution in [3.05, 3.63) is 36.4 Å². The van der Waals surface area contributed by atoms with E-state index in [9.17, 15) is 10.1 Å². The van der Waals surface area contributed by atoms with Crippen molar-refractivity contribution in [1.29, 1.82) is 5.26 Å². The van der Waals surface area contributed by atoms with Crippen molar-refractivity contribution in [2.45, 2.75) is 54.0 Å². The first-order valence-corrected chi connectivity index (χ1v) is 12.7. The van der Waals surface area contributed by atoms with Gasteiger partial charge in [0.15, 0.2) is 5.65 Å². The highest BCUT2D eigenvalue weighted by Crippen LogP contribution is 2.37. The van der Waals surface area contributed by atoms with Gasteiger partial charge in [0.25, 0.3) is 0 Å². The monoisotopic (exact) mass is 488 g/mol. The molecule has 0 bridgehead atoms. The fourth-order valence-electron chi connectivity index (χ4n) is 4.93. The highest BCUT2D eigenvalue weighted by Gasteiger charge is 2.34. The van der Waals surface area contributed by atoms with Gasteiger partial charge in [-0.3, -0.25) is 9.36 Å². The van der Waals surface area contributed by atoms with Gasteiger partial charge in [0, 0.05) is 56.6 Å². The second-order valence-electron chi connectivity index (χ2n) is 10.4. The predicted molar refractivity (Wildman–Crippen MR) is 142 cm³/mol. The first kappa shape index (κ1) is 25.4. The van der Waals surface area contributed by atoms with Crippen molar-refractivity contribution < 1.29 is 4.79 Å². The van der Waals surface area contributed by atoms with E-state index in [1.165, 1.54) is 0 Å². The number of fused-ring (bicyclic) bond motifs is 1. The molecule has 0 radical (unpaired) electrons. The number of nitriles is 1. The maximum absolute atomic E-state index is 12.9. The molecule has 1 aliphatic rings. The minimum Gasteiger partial charge on any atom is -0.370 e. The highest BCUT2D eigenvalue weighted by molar-refractivity contribution is 6.00. The van der Waals surface area contributed by atoms with Crippen molar-refractivity contribution >= 4 is 28.4 Å². The van der Waals surface area contributed by atoms with Crippen LogP contribution in [0.3, 0.4) is 0 Å². The van der Waals surface area contributed by atoms with Crippen molar-refractivity contribution in [3.8, 4) is 11.9 Å². The lowest BCUT2D eigenvalue weighted by Crippen LogP contribution is -2.56. The molecular weight excluding hydrogens is 452 g/mol. The van der Waals surface area contributed by atoms with Gasteiger partial charge < -0.3 is 14.7 Å². The highest BCUT2D eigenvalue weighted by atomic mass is 16.2. The summed E-state index contributed by atoms with van der Waals surface area (Å²) in [7, 11) is 0. The Hall–Kier alpha value is -3.67. The van der Waals surface area contributed by atoms with Crippen LogP contribution in [0.25, 0.3) is 16.9 Å². The van der Waals surface area contributed by atoms with E-state index in [4.69, 9.17) is 4.98 Å². The number of rotatable bonds is 6. The average molecular weight is 489 g/mol. The maximum atomic E-state index is 12.9. The molecule has 4 heterocycles. The van der Waals surface area contributed by atoms with Gasteiger partial charge in [-0.15, -0.1) is 0 Å². The van der Waals surface area contributed by atoms with E-state index in [0.717, 1.165) is 42.0 Å². The number of hydrogen-bond acceptors (Lipinski definition) is 7. The molecular formula is C27H36N8O. The Labute approximate surface area is 213 Å². The van der Waals surface area contributed by atoms with Gasteiger partial charge in [-0.2, -0.15) is 5.26 Å². The fourth-order valence-corrected chi connectivity index (χ4v) is 4.93. The van der Waals surface area contributed by atoms with Crippen LogP contribution in [0.15, 0.2) is 30.9 Å². The maximum Gasteiger partial charge on any atom is 0.228 e. The molecule has 1 atom stereocenters. The molecule has 9 nitrogen and oxygen atoms in total. The van der Waals surface area contributed by atoms with E-state index < -0.39 is 5.41 Å². The molecule has 9 heteroatoms. The topological polar surface area (TPSA) is 94.2 Å². The van der Waals surface area contributed by atoms with E-state index in [0.29, 0.717) is 31.0 Å². The summed E-state index contributed by atoms with van der Waals surface area (Å²) in [6.07, 6.45) is 6.32. The van der Waals surface area contributed by atoms with Crippen LogP contribution in [-0.4, -0.2) is 69.1 Å². The molecule has 0 spiro atoms. The van der Waals surface area contributed by atoms with Crippen LogP contribution in [0.1, 0.15) is 53.5 Å².